The smallest absolute Gasteiger partial charge is 0.123 e. The SMILES string of the molecule is CC(C)CCCCCc1c(O)cc(C(C)(C)C)c(O)c1C(C)(C)C. The molecule has 0 aliphatic carbocycles. The molecular formula is C22H38O2. The first-order valence-corrected chi connectivity index (χ1v) is 9.44. The van der Waals surface area contributed by atoms with Crippen molar-refractivity contribution in [3.8, 4) is 11.5 Å². The predicted octanol–water partition coefficient (Wildman–Crippen LogP) is 6.45. The van der Waals surface area contributed by atoms with E-state index in [0.717, 1.165) is 35.4 Å². The molecule has 0 aliphatic heterocycles. The van der Waals surface area contributed by atoms with E-state index in [9.17, 15) is 10.2 Å². The topological polar surface area (TPSA) is 40.5 Å². The molecule has 0 aromatic heterocycles. The van der Waals surface area contributed by atoms with Crippen LogP contribution >= 0.6 is 0 Å². The number of aromatic hydroxyl groups is 2. The van der Waals surface area contributed by atoms with Gasteiger partial charge >= 0.3 is 0 Å². The van der Waals surface area contributed by atoms with Crippen LogP contribution in [0.5, 0.6) is 11.5 Å². The summed E-state index contributed by atoms with van der Waals surface area (Å²) in [5.41, 5.74) is 2.27. The van der Waals surface area contributed by atoms with Gasteiger partial charge in [0.2, 0.25) is 0 Å². The number of phenolic OH excluding ortho intramolecular Hbond substituents is 2. The number of hydrogen-bond acceptors (Lipinski definition) is 2. The number of benzene rings is 1. The molecule has 2 nitrogen and oxygen atoms in total. The van der Waals surface area contributed by atoms with Gasteiger partial charge in [-0.05, 0) is 35.7 Å². The fourth-order valence-corrected chi connectivity index (χ4v) is 3.36. The fourth-order valence-electron chi connectivity index (χ4n) is 3.36. The first-order chi connectivity index (χ1) is 10.9. The summed E-state index contributed by atoms with van der Waals surface area (Å²) in [6, 6.07) is 1.77. The van der Waals surface area contributed by atoms with Crippen LogP contribution in [0.1, 0.15) is 97.8 Å². The van der Waals surface area contributed by atoms with Gasteiger partial charge in [-0.2, -0.15) is 0 Å². The molecule has 0 amide bonds. The van der Waals surface area contributed by atoms with Gasteiger partial charge in [-0.25, -0.2) is 0 Å². The van der Waals surface area contributed by atoms with Crippen LogP contribution in [0, 0.1) is 5.92 Å². The Balaban J connectivity index is 3.13. The largest absolute Gasteiger partial charge is 0.508 e. The van der Waals surface area contributed by atoms with Crippen LogP contribution < -0.4 is 0 Å². The summed E-state index contributed by atoms with van der Waals surface area (Å²) in [4.78, 5) is 0. The van der Waals surface area contributed by atoms with Gasteiger partial charge in [0.05, 0.1) is 0 Å². The average Bonchev–Trinajstić information content (AvgIpc) is 2.38. The van der Waals surface area contributed by atoms with Crippen LogP contribution in [0.2, 0.25) is 0 Å². The van der Waals surface area contributed by atoms with Crippen molar-refractivity contribution < 1.29 is 10.2 Å². The molecule has 0 radical (unpaired) electrons. The Morgan fingerprint density at radius 3 is 1.92 bits per heavy atom. The minimum Gasteiger partial charge on any atom is -0.508 e. The number of rotatable bonds is 6. The van der Waals surface area contributed by atoms with Crippen molar-refractivity contribution in [2.24, 2.45) is 5.92 Å². The molecule has 1 aromatic carbocycles. The van der Waals surface area contributed by atoms with Gasteiger partial charge in [0.25, 0.3) is 0 Å². The van der Waals surface area contributed by atoms with Crippen molar-refractivity contribution >= 4 is 0 Å². The highest BCUT2D eigenvalue weighted by Crippen LogP contribution is 2.45. The Hall–Kier alpha value is -1.18. The van der Waals surface area contributed by atoms with Crippen LogP contribution in [-0.2, 0) is 17.3 Å². The van der Waals surface area contributed by atoms with Gasteiger partial charge in [0.1, 0.15) is 11.5 Å². The van der Waals surface area contributed by atoms with Gasteiger partial charge in [-0.15, -0.1) is 0 Å². The molecule has 2 N–H and O–H groups in total. The molecule has 24 heavy (non-hydrogen) atoms. The summed E-state index contributed by atoms with van der Waals surface area (Å²) in [7, 11) is 0. The second kappa shape index (κ2) is 7.80. The summed E-state index contributed by atoms with van der Waals surface area (Å²) in [6.07, 6.45) is 5.54. The second-order valence-corrected chi connectivity index (χ2v) is 9.64. The van der Waals surface area contributed by atoms with Crippen LogP contribution in [0.15, 0.2) is 6.07 Å². The zero-order valence-electron chi connectivity index (χ0n) is 17.1. The van der Waals surface area contributed by atoms with Gasteiger partial charge in [0, 0.05) is 16.7 Å². The van der Waals surface area contributed by atoms with Crippen molar-refractivity contribution in [2.75, 3.05) is 0 Å². The first kappa shape index (κ1) is 20.9. The molecule has 0 spiro atoms. The van der Waals surface area contributed by atoms with E-state index in [1.165, 1.54) is 19.3 Å². The predicted molar refractivity (Wildman–Crippen MR) is 104 cm³/mol. The average molecular weight is 335 g/mol. The van der Waals surface area contributed by atoms with Crippen LogP contribution in [0.3, 0.4) is 0 Å². The van der Waals surface area contributed by atoms with Gasteiger partial charge in [0.15, 0.2) is 0 Å². The van der Waals surface area contributed by atoms with Crippen molar-refractivity contribution in [1.29, 1.82) is 0 Å². The standard InChI is InChI=1S/C22H38O2/c1-15(2)12-10-9-11-13-16-18(23)14-17(21(3,4)5)20(24)19(16)22(6,7)8/h14-15,23-24H,9-13H2,1-8H3. The quantitative estimate of drug-likeness (QED) is 0.463. The third kappa shape index (κ3) is 5.43. The maximum absolute atomic E-state index is 10.9. The minimum atomic E-state index is -0.198. The lowest BCUT2D eigenvalue weighted by Crippen LogP contribution is -2.19. The summed E-state index contributed by atoms with van der Waals surface area (Å²) < 4.78 is 0. The normalized spacial score (nSPS) is 12.9. The molecule has 2 heteroatoms. The monoisotopic (exact) mass is 334 g/mol. The lowest BCUT2D eigenvalue weighted by molar-refractivity contribution is 0.406. The summed E-state index contributed by atoms with van der Waals surface area (Å²) in [5, 5.41) is 21.6. The molecule has 1 rings (SSSR count). The van der Waals surface area contributed by atoms with E-state index in [2.05, 4.69) is 55.4 Å². The van der Waals surface area contributed by atoms with E-state index in [-0.39, 0.29) is 10.8 Å². The minimum absolute atomic E-state index is 0.197. The molecule has 0 unspecified atom stereocenters. The summed E-state index contributed by atoms with van der Waals surface area (Å²) in [5.74, 6) is 1.45. The van der Waals surface area contributed by atoms with E-state index in [1.54, 1.807) is 6.07 Å². The molecule has 138 valence electrons. The number of phenols is 2. The Labute approximate surface area is 149 Å². The van der Waals surface area contributed by atoms with Gasteiger partial charge < -0.3 is 10.2 Å². The molecule has 0 saturated carbocycles. The van der Waals surface area contributed by atoms with Crippen molar-refractivity contribution in [1.82, 2.24) is 0 Å². The lowest BCUT2D eigenvalue weighted by Gasteiger charge is -2.30. The maximum atomic E-state index is 10.9. The Morgan fingerprint density at radius 2 is 1.46 bits per heavy atom. The Bertz CT molecular complexity index is 543. The molecule has 0 saturated heterocycles. The molecule has 0 bridgehead atoms. The van der Waals surface area contributed by atoms with E-state index in [0.29, 0.717) is 11.5 Å². The van der Waals surface area contributed by atoms with E-state index in [4.69, 9.17) is 0 Å². The fraction of sp³-hybridized carbons (Fsp3) is 0.727. The highest BCUT2D eigenvalue weighted by Gasteiger charge is 2.30. The number of unbranched alkanes of at least 4 members (excludes halogenated alkanes) is 2. The van der Waals surface area contributed by atoms with E-state index < -0.39 is 0 Å². The van der Waals surface area contributed by atoms with Crippen molar-refractivity contribution in [3.63, 3.8) is 0 Å². The highest BCUT2D eigenvalue weighted by atomic mass is 16.3. The molecule has 0 atom stereocenters. The molecular weight excluding hydrogens is 296 g/mol. The first-order valence-electron chi connectivity index (χ1n) is 9.44. The van der Waals surface area contributed by atoms with Crippen molar-refractivity contribution in [2.45, 2.75) is 98.3 Å². The summed E-state index contributed by atoms with van der Waals surface area (Å²) >= 11 is 0. The summed E-state index contributed by atoms with van der Waals surface area (Å²) in [6.45, 7) is 17.0. The third-order valence-electron chi connectivity index (χ3n) is 4.65. The maximum Gasteiger partial charge on any atom is 0.123 e. The highest BCUT2D eigenvalue weighted by molar-refractivity contribution is 5.57. The molecule has 0 aliphatic rings. The van der Waals surface area contributed by atoms with Gasteiger partial charge in [-0.3, -0.25) is 0 Å². The second-order valence-electron chi connectivity index (χ2n) is 9.64. The van der Waals surface area contributed by atoms with Gasteiger partial charge in [-0.1, -0.05) is 74.7 Å². The van der Waals surface area contributed by atoms with E-state index >= 15 is 0 Å². The van der Waals surface area contributed by atoms with Crippen LogP contribution in [-0.4, -0.2) is 10.2 Å². The lowest BCUT2D eigenvalue weighted by atomic mass is 9.76. The zero-order chi connectivity index (χ0) is 18.7. The Kier molecular flexibility index (Phi) is 6.78. The molecule has 0 heterocycles. The molecule has 0 fully saturated rings. The zero-order valence-corrected chi connectivity index (χ0v) is 17.1. The third-order valence-corrected chi connectivity index (χ3v) is 4.65. The van der Waals surface area contributed by atoms with Crippen LogP contribution in [0.25, 0.3) is 0 Å². The Morgan fingerprint density at radius 1 is 0.875 bits per heavy atom. The number of hydrogen-bond donors (Lipinski definition) is 2. The van der Waals surface area contributed by atoms with Crippen LogP contribution in [0.4, 0.5) is 0 Å². The van der Waals surface area contributed by atoms with E-state index in [1.807, 2.05) is 0 Å². The van der Waals surface area contributed by atoms with Crippen molar-refractivity contribution in [3.05, 3.63) is 22.8 Å². The molecule has 1 aromatic rings.